The number of amides is 1. The van der Waals surface area contributed by atoms with Crippen LogP contribution in [0.15, 0.2) is 24.3 Å². The molecule has 0 aliphatic rings. The topological polar surface area (TPSA) is 55.4 Å². The molecule has 1 aromatic rings. The van der Waals surface area contributed by atoms with Crippen LogP contribution in [0.3, 0.4) is 0 Å². The molecule has 1 aromatic carbocycles. The van der Waals surface area contributed by atoms with E-state index in [-0.39, 0.29) is 11.7 Å². The lowest BCUT2D eigenvalue weighted by molar-refractivity contribution is -0.118. The van der Waals surface area contributed by atoms with Gasteiger partial charge in [0.05, 0.1) is 0 Å². The molecule has 0 aliphatic carbocycles. The first-order chi connectivity index (χ1) is 7.56. The van der Waals surface area contributed by atoms with Crippen LogP contribution in [0.4, 0.5) is 4.79 Å². The van der Waals surface area contributed by atoms with Crippen molar-refractivity contribution >= 4 is 11.9 Å². The number of Topliss-reactive ketones (excluding diaryl/α,β-unsaturated/α-hetero) is 1. The summed E-state index contributed by atoms with van der Waals surface area (Å²) in [4.78, 5) is 22.4. The van der Waals surface area contributed by atoms with Gasteiger partial charge in [0.2, 0.25) is 0 Å². The SMILES string of the molecule is CNC(=O)Oc1ccccc1C(C)C(C)=O. The fourth-order valence-electron chi connectivity index (χ4n) is 1.30. The van der Waals surface area contributed by atoms with Crippen LogP contribution in [0.5, 0.6) is 5.75 Å². The average Bonchev–Trinajstić information content (AvgIpc) is 2.28. The second-order valence-electron chi connectivity index (χ2n) is 3.51. The molecule has 86 valence electrons. The molecule has 4 heteroatoms. The van der Waals surface area contributed by atoms with Gasteiger partial charge in [-0.3, -0.25) is 4.79 Å². The zero-order valence-corrected chi connectivity index (χ0v) is 9.61. The molecule has 0 saturated carbocycles. The molecule has 16 heavy (non-hydrogen) atoms. The van der Waals surface area contributed by atoms with E-state index in [0.29, 0.717) is 5.75 Å². The normalized spacial score (nSPS) is 11.7. The van der Waals surface area contributed by atoms with Gasteiger partial charge in [-0.05, 0) is 13.0 Å². The summed E-state index contributed by atoms with van der Waals surface area (Å²) in [7, 11) is 1.49. The summed E-state index contributed by atoms with van der Waals surface area (Å²) in [6, 6.07) is 7.02. The number of benzene rings is 1. The maximum Gasteiger partial charge on any atom is 0.412 e. The lowest BCUT2D eigenvalue weighted by Gasteiger charge is -2.13. The third-order valence-corrected chi connectivity index (χ3v) is 2.40. The summed E-state index contributed by atoms with van der Waals surface area (Å²) in [5, 5.41) is 2.36. The molecule has 0 aromatic heterocycles. The first-order valence-corrected chi connectivity index (χ1v) is 5.05. The van der Waals surface area contributed by atoms with Gasteiger partial charge >= 0.3 is 6.09 Å². The van der Waals surface area contributed by atoms with Crippen LogP contribution in [-0.2, 0) is 4.79 Å². The number of rotatable bonds is 3. The molecule has 1 unspecified atom stereocenters. The van der Waals surface area contributed by atoms with E-state index in [9.17, 15) is 9.59 Å². The summed E-state index contributed by atoms with van der Waals surface area (Å²) >= 11 is 0. The van der Waals surface area contributed by atoms with E-state index >= 15 is 0 Å². The largest absolute Gasteiger partial charge is 0.412 e. The van der Waals surface area contributed by atoms with Crippen molar-refractivity contribution in [3.63, 3.8) is 0 Å². The molecule has 1 amide bonds. The van der Waals surface area contributed by atoms with Gasteiger partial charge in [-0.25, -0.2) is 4.79 Å². The maximum atomic E-state index is 11.3. The van der Waals surface area contributed by atoms with Crippen molar-refractivity contribution in [1.29, 1.82) is 0 Å². The minimum atomic E-state index is -0.539. The molecule has 0 fully saturated rings. The average molecular weight is 221 g/mol. The first-order valence-electron chi connectivity index (χ1n) is 5.05. The van der Waals surface area contributed by atoms with Crippen molar-refractivity contribution in [3.8, 4) is 5.75 Å². The number of carbonyl (C=O) groups is 2. The highest BCUT2D eigenvalue weighted by Crippen LogP contribution is 2.26. The minimum Gasteiger partial charge on any atom is -0.410 e. The molecule has 4 nitrogen and oxygen atoms in total. The highest BCUT2D eigenvalue weighted by molar-refractivity contribution is 5.84. The zero-order chi connectivity index (χ0) is 12.1. The molecule has 1 N–H and O–H groups in total. The molecule has 0 heterocycles. The fraction of sp³-hybridized carbons (Fsp3) is 0.333. The van der Waals surface area contributed by atoms with Crippen LogP contribution in [0.25, 0.3) is 0 Å². The Morgan fingerprint density at radius 3 is 2.50 bits per heavy atom. The van der Waals surface area contributed by atoms with Gasteiger partial charge in [-0.1, -0.05) is 25.1 Å². The van der Waals surface area contributed by atoms with Gasteiger partial charge in [0.15, 0.2) is 0 Å². The van der Waals surface area contributed by atoms with E-state index in [4.69, 9.17) is 4.74 Å². The highest BCUT2D eigenvalue weighted by atomic mass is 16.6. The fourth-order valence-corrected chi connectivity index (χ4v) is 1.30. The highest BCUT2D eigenvalue weighted by Gasteiger charge is 2.16. The maximum absolute atomic E-state index is 11.3. The van der Waals surface area contributed by atoms with Crippen LogP contribution in [0.2, 0.25) is 0 Å². The van der Waals surface area contributed by atoms with Crippen molar-refractivity contribution in [3.05, 3.63) is 29.8 Å². The Labute approximate surface area is 94.6 Å². The summed E-state index contributed by atoms with van der Waals surface area (Å²) in [5.41, 5.74) is 0.721. The third kappa shape index (κ3) is 2.82. The molecule has 0 aliphatic heterocycles. The smallest absolute Gasteiger partial charge is 0.410 e. The molecule has 0 radical (unpaired) electrons. The minimum absolute atomic E-state index is 0.0351. The monoisotopic (exact) mass is 221 g/mol. The van der Waals surface area contributed by atoms with Gasteiger partial charge in [-0.2, -0.15) is 0 Å². The summed E-state index contributed by atoms with van der Waals surface area (Å²) < 4.78 is 5.06. The van der Waals surface area contributed by atoms with E-state index in [1.54, 1.807) is 25.1 Å². The van der Waals surface area contributed by atoms with E-state index in [1.807, 2.05) is 6.07 Å². The standard InChI is InChI=1S/C12H15NO3/c1-8(9(2)14)10-6-4-5-7-11(10)16-12(15)13-3/h4-8H,1-3H3,(H,13,15). The quantitative estimate of drug-likeness (QED) is 0.850. The Balaban J connectivity index is 3.00. The van der Waals surface area contributed by atoms with Crippen LogP contribution in [-0.4, -0.2) is 18.9 Å². The van der Waals surface area contributed by atoms with Gasteiger partial charge < -0.3 is 10.1 Å². The summed E-state index contributed by atoms with van der Waals surface area (Å²) in [5.74, 6) is 0.179. The van der Waals surface area contributed by atoms with Crippen molar-refractivity contribution < 1.29 is 14.3 Å². The molecule has 1 atom stereocenters. The van der Waals surface area contributed by atoms with E-state index in [0.717, 1.165) is 5.56 Å². The van der Waals surface area contributed by atoms with Crippen molar-refractivity contribution in [2.45, 2.75) is 19.8 Å². The van der Waals surface area contributed by atoms with Crippen LogP contribution >= 0.6 is 0 Å². The second kappa shape index (κ2) is 5.30. The van der Waals surface area contributed by atoms with Crippen LogP contribution in [0, 0.1) is 0 Å². The number of para-hydroxylation sites is 1. The van der Waals surface area contributed by atoms with E-state index in [1.165, 1.54) is 14.0 Å². The Kier molecular flexibility index (Phi) is 4.05. The van der Waals surface area contributed by atoms with Gasteiger partial charge in [0.1, 0.15) is 11.5 Å². The van der Waals surface area contributed by atoms with Crippen molar-refractivity contribution in [2.75, 3.05) is 7.05 Å². The van der Waals surface area contributed by atoms with E-state index < -0.39 is 6.09 Å². The molecule has 0 bridgehead atoms. The summed E-state index contributed by atoms with van der Waals surface area (Å²) in [6.45, 7) is 3.30. The van der Waals surface area contributed by atoms with Gasteiger partial charge in [0.25, 0.3) is 0 Å². The summed E-state index contributed by atoms with van der Waals surface area (Å²) in [6.07, 6.45) is -0.539. The number of nitrogens with one attached hydrogen (secondary N) is 1. The molecular formula is C12H15NO3. The van der Waals surface area contributed by atoms with Gasteiger partial charge in [0, 0.05) is 18.5 Å². The predicted octanol–water partition coefficient (Wildman–Crippen LogP) is 2.10. The number of hydrogen-bond donors (Lipinski definition) is 1. The lowest BCUT2D eigenvalue weighted by atomic mass is 9.97. The Morgan fingerprint density at radius 2 is 1.94 bits per heavy atom. The third-order valence-electron chi connectivity index (χ3n) is 2.40. The van der Waals surface area contributed by atoms with Gasteiger partial charge in [-0.15, -0.1) is 0 Å². The Bertz CT molecular complexity index is 401. The van der Waals surface area contributed by atoms with Crippen LogP contribution in [0.1, 0.15) is 25.3 Å². The number of ketones is 1. The molecule has 0 spiro atoms. The van der Waals surface area contributed by atoms with Crippen molar-refractivity contribution in [2.24, 2.45) is 0 Å². The first kappa shape index (κ1) is 12.2. The Hall–Kier alpha value is -1.84. The van der Waals surface area contributed by atoms with E-state index in [2.05, 4.69) is 5.32 Å². The van der Waals surface area contributed by atoms with Crippen LogP contribution < -0.4 is 10.1 Å². The lowest BCUT2D eigenvalue weighted by Crippen LogP contribution is -2.23. The molecule has 1 rings (SSSR count). The molecular weight excluding hydrogens is 206 g/mol. The zero-order valence-electron chi connectivity index (χ0n) is 9.61. The Morgan fingerprint density at radius 1 is 1.31 bits per heavy atom. The number of ether oxygens (including phenoxy) is 1. The molecule has 0 saturated heterocycles. The number of hydrogen-bond acceptors (Lipinski definition) is 3. The number of carbonyl (C=O) groups excluding carboxylic acids is 2. The second-order valence-corrected chi connectivity index (χ2v) is 3.51. The van der Waals surface area contributed by atoms with Crippen molar-refractivity contribution in [1.82, 2.24) is 5.32 Å². The predicted molar refractivity (Wildman–Crippen MR) is 60.6 cm³/mol.